The van der Waals surface area contributed by atoms with E-state index in [9.17, 15) is 9.59 Å². The minimum Gasteiger partial charge on any atom is -0.456 e. The first-order valence-electron chi connectivity index (χ1n) is 4.67. The van der Waals surface area contributed by atoms with Gasteiger partial charge in [0.15, 0.2) is 5.12 Å². The van der Waals surface area contributed by atoms with Crippen LogP contribution in [0.1, 0.15) is 20.8 Å². The fraction of sp³-hybridized carbons (Fsp3) is 0.600. The summed E-state index contributed by atoms with van der Waals surface area (Å²) in [6.45, 7) is 4.66. The molecular weight excluding hydrogens is 216 g/mol. The minimum absolute atomic E-state index is 0.00258. The molecule has 0 saturated carbocycles. The molecule has 0 aliphatic carbocycles. The smallest absolute Gasteiger partial charge is 0.303 e. The second-order valence-electron chi connectivity index (χ2n) is 3.28. The number of carbonyl (C=O) groups is 2. The Morgan fingerprint density at radius 3 is 2.47 bits per heavy atom. The molecule has 0 N–H and O–H groups in total. The summed E-state index contributed by atoms with van der Waals surface area (Å²) in [5.74, 6) is -0.335. The van der Waals surface area contributed by atoms with Crippen LogP contribution in [0.2, 0.25) is 0 Å². The number of carbonyl (C=O) groups excluding carboxylic acids is 2. The first-order valence-corrected chi connectivity index (χ1v) is 5.55. The quantitative estimate of drug-likeness (QED) is 0.531. The molecule has 0 aromatic carbocycles. The van der Waals surface area contributed by atoms with E-state index in [-0.39, 0.29) is 28.7 Å². The first kappa shape index (κ1) is 12.3. The van der Waals surface area contributed by atoms with Crippen molar-refractivity contribution in [2.24, 2.45) is 0 Å². The maximum Gasteiger partial charge on any atom is 0.303 e. The summed E-state index contributed by atoms with van der Waals surface area (Å²) in [6, 6.07) is 0. The van der Waals surface area contributed by atoms with Crippen LogP contribution in [0.25, 0.3) is 0 Å². The predicted octanol–water partition coefficient (Wildman–Crippen LogP) is 1.50. The summed E-state index contributed by atoms with van der Waals surface area (Å²) in [5.41, 5.74) is -0.274. The Bertz CT molecular complexity index is 287. The lowest BCUT2D eigenvalue weighted by atomic mass is 10.2. The number of ether oxygens (including phenoxy) is 2. The Morgan fingerprint density at radius 1 is 1.33 bits per heavy atom. The van der Waals surface area contributed by atoms with E-state index >= 15 is 0 Å². The normalized spacial score (nSPS) is 29.9. The maximum absolute atomic E-state index is 10.8. The Morgan fingerprint density at radius 2 is 2.00 bits per heavy atom. The molecule has 5 heteroatoms. The molecule has 1 heterocycles. The van der Waals surface area contributed by atoms with Gasteiger partial charge >= 0.3 is 5.97 Å². The zero-order valence-electron chi connectivity index (χ0n) is 8.93. The molecule has 0 fully saturated rings. The van der Waals surface area contributed by atoms with E-state index in [2.05, 4.69) is 0 Å². The van der Waals surface area contributed by atoms with Crippen molar-refractivity contribution in [3.05, 3.63) is 12.2 Å². The zero-order chi connectivity index (χ0) is 11.4. The van der Waals surface area contributed by atoms with Crippen molar-refractivity contribution in [2.45, 2.75) is 38.4 Å². The van der Waals surface area contributed by atoms with E-state index in [0.717, 1.165) is 11.8 Å². The molecule has 15 heavy (non-hydrogen) atoms. The Hall–Kier alpha value is -0.810. The second-order valence-corrected chi connectivity index (χ2v) is 4.55. The van der Waals surface area contributed by atoms with Gasteiger partial charge in [0.05, 0.1) is 6.10 Å². The average molecular weight is 230 g/mol. The highest BCUT2D eigenvalue weighted by atomic mass is 32.2. The largest absolute Gasteiger partial charge is 0.456 e. The molecule has 0 aromatic rings. The molecule has 1 rings (SSSR count). The third-order valence-corrected chi connectivity index (χ3v) is 2.69. The summed E-state index contributed by atoms with van der Waals surface area (Å²) in [6.07, 6.45) is 2.91. The van der Waals surface area contributed by atoms with Gasteiger partial charge < -0.3 is 9.47 Å². The molecule has 1 aliphatic heterocycles. The van der Waals surface area contributed by atoms with E-state index < -0.39 is 0 Å². The Balaban J connectivity index is 2.54. The summed E-state index contributed by atoms with van der Waals surface area (Å²) < 4.78 is 10.5. The topological polar surface area (TPSA) is 52.6 Å². The van der Waals surface area contributed by atoms with Gasteiger partial charge in [-0.2, -0.15) is 0 Å². The number of rotatable bonds is 2. The van der Waals surface area contributed by atoms with Crippen molar-refractivity contribution in [2.75, 3.05) is 0 Å². The van der Waals surface area contributed by atoms with Crippen LogP contribution in [0.4, 0.5) is 0 Å². The summed E-state index contributed by atoms with van der Waals surface area (Å²) in [4.78, 5) is 21.6. The van der Waals surface area contributed by atoms with Gasteiger partial charge in [0.25, 0.3) is 0 Å². The van der Waals surface area contributed by atoms with Crippen LogP contribution in [0, 0.1) is 0 Å². The van der Waals surface area contributed by atoms with Gasteiger partial charge in [0.2, 0.25) is 0 Å². The molecule has 4 nitrogen and oxygen atoms in total. The van der Waals surface area contributed by atoms with Crippen LogP contribution in [-0.2, 0) is 19.1 Å². The molecule has 0 spiro atoms. The molecule has 0 radical (unpaired) electrons. The third-order valence-electron chi connectivity index (χ3n) is 1.85. The Kier molecular flexibility index (Phi) is 4.35. The van der Waals surface area contributed by atoms with Gasteiger partial charge in [-0.3, -0.25) is 9.59 Å². The predicted molar refractivity (Wildman–Crippen MR) is 57.3 cm³/mol. The lowest BCUT2D eigenvalue weighted by molar-refractivity contribution is -0.151. The van der Waals surface area contributed by atoms with Gasteiger partial charge in [-0.1, -0.05) is 11.8 Å². The van der Waals surface area contributed by atoms with E-state index in [0.29, 0.717) is 0 Å². The first-order chi connectivity index (χ1) is 6.99. The average Bonchev–Trinajstić information content (AvgIpc) is 2.08. The fourth-order valence-corrected chi connectivity index (χ4v) is 1.98. The highest BCUT2D eigenvalue weighted by Gasteiger charge is 2.26. The monoisotopic (exact) mass is 230 g/mol. The van der Waals surface area contributed by atoms with Gasteiger partial charge in [-0.15, -0.1) is 0 Å². The van der Waals surface area contributed by atoms with Crippen LogP contribution >= 0.6 is 11.8 Å². The molecule has 0 saturated heterocycles. The zero-order valence-corrected chi connectivity index (χ0v) is 9.74. The number of esters is 1. The molecule has 0 amide bonds. The van der Waals surface area contributed by atoms with Crippen molar-refractivity contribution in [3.8, 4) is 0 Å². The van der Waals surface area contributed by atoms with E-state index in [1.807, 2.05) is 6.92 Å². The van der Waals surface area contributed by atoms with Crippen molar-refractivity contribution in [1.29, 1.82) is 0 Å². The van der Waals surface area contributed by atoms with Crippen LogP contribution < -0.4 is 0 Å². The Labute approximate surface area is 93.0 Å². The number of hydrogen-bond acceptors (Lipinski definition) is 5. The van der Waals surface area contributed by atoms with Gasteiger partial charge in [0.1, 0.15) is 11.5 Å². The van der Waals surface area contributed by atoms with Gasteiger partial charge in [0, 0.05) is 13.8 Å². The summed E-state index contributed by atoms with van der Waals surface area (Å²) in [5, 5.41) is 0.00258. The van der Waals surface area contributed by atoms with Crippen LogP contribution in [0.3, 0.4) is 0 Å². The van der Waals surface area contributed by atoms with Crippen molar-refractivity contribution in [1.82, 2.24) is 0 Å². The van der Waals surface area contributed by atoms with Gasteiger partial charge in [-0.05, 0) is 19.1 Å². The van der Waals surface area contributed by atoms with E-state index in [1.54, 1.807) is 12.2 Å². The minimum atomic E-state index is -0.355. The van der Waals surface area contributed by atoms with Crippen LogP contribution in [0.15, 0.2) is 12.2 Å². The van der Waals surface area contributed by atoms with Crippen molar-refractivity contribution >= 4 is 22.8 Å². The summed E-state index contributed by atoms with van der Waals surface area (Å²) in [7, 11) is 0. The lowest BCUT2D eigenvalue weighted by Gasteiger charge is -2.28. The molecule has 0 aromatic heterocycles. The summed E-state index contributed by atoms with van der Waals surface area (Å²) >= 11 is 1.11. The molecular formula is C10H14O4S. The highest BCUT2D eigenvalue weighted by molar-refractivity contribution is 8.14. The third kappa shape index (κ3) is 4.05. The van der Waals surface area contributed by atoms with E-state index in [4.69, 9.17) is 9.47 Å². The number of thioether (sulfide) groups is 1. The van der Waals surface area contributed by atoms with Crippen LogP contribution in [-0.4, -0.2) is 28.7 Å². The molecule has 1 aliphatic rings. The fourth-order valence-electron chi connectivity index (χ4n) is 1.25. The number of hydrogen-bond donors (Lipinski definition) is 0. The highest BCUT2D eigenvalue weighted by Crippen LogP contribution is 2.23. The maximum atomic E-state index is 10.8. The second kappa shape index (κ2) is 5.32. The molecule has 84 valence electrons. The molecule has 3 atom stereocenters. The molecule has 0 bridgehead atoms. The lowest BCUT2D eigenvalue weighted by Crippen LogP contribution is -2.35. The van der Waals surface area contributed by atoms with Crippen molar-refractivity contribution < 1.29 is 19.1 Å². The standard InChI is InChI=1S/C10H14O4S/c1-6-9(14-7(2)11)4-5-10(13-6)15-8(3)12/h4-6,9-10H,1-3H3/t6-,9+,10?/m0/s1. The SMILES string of the molecule is CC(=O)O[C@@H]1C=CC(SC(C)=O)O[C@H]1C. The molecule has 1 unspecified atom stereocenters. The van der Waals surface area contributed by atoms with Gasteiger partial charge in [-0.25, -0.2) is 0 Å². The van der Waals surface area contributed by atoms with Crippen molar-refractivity contribution in [3.63, 3.8) is 0 Å². The van der Waals surface area contributed by atoms with E-state index in [1.165, 1.54) is 13.8 Å². The van der Waals surface area contributed by atoms with Crippen LogP contribution in [0.5, 0.6) is 0 Å².